The Bertz CT molecular complexity index is 1020. The third-order valence-electron chi connectivity index (χ3n) is 4.77. The average Bonchev–Trinajstić information content (AvgIpc) is 3.36. The van der Waals surface area contributed by atoms with Gasteiger partial charge in [-0.25, -0.2) is 9.67 Å². The highest BCUT2D eigenvalue weighted by molar-refractivity contribution is 7.09. The number of aryl methyl sites for hydroxylation is 1. The van der Waals surface area contributed by atoms with Gasteiger partial charge >= 0.3 is 0 Å². The summed E-state index contributed by atoms with van der Waals surface area (Å²) >= 11 is 1.70. The molecule has 0 spiro atoms. The van der Waals surface area contributed by atoms with Gasteiger partial charge in [0.05, 0.1) is 17.7 Å². The molecule has 7 heteroatoms. The van der Waals surface area contributed by atoms with Gasteiger partial charge in [0, 0.05) is 24.9 Å². The van der Waals surface area contributed by atoms with E-state index in [2.05, 4.69) is 80.9 Å². The van der Waals surface area contributed by atoms with Crippen molar-refractivity contribution in [2.24, 2.45) is 0 Å². The number of aromatic nitrogens is 5. The van der Waals surface area contributed by atoms with E-state index in [-0.39, 0.29) is 0 Å². The molecule has 2 heterocycles. The first-order valence-electron chi connectivity index (χ1n) is 9.21. The fourth-order valence-corrected chi connectivity index (χ4v) is 3.89. The molecule has 0 unspecified atom stereocenters. The summed E-state index contributed by atoms with van der Waals surface area (Å²) in [7, 11) is 2.02. The maximum Gasteiger partial charge on any atom is 0.245 e. The summed E-state index contributed by atoms with van der Waals surface area (Å²) in [5.41, 5.74) is 6.60. The zero-order valence-corrected chi connectivity index (χ0v) is 16.8. The molecule has 2 aromatic heterocycles. The number of hydrogen-bond acceptors (Lipinski definition) is 6. The van der Waals surface area contributed by atoms with Crippen LogP contribution in [0.25, 0.3) is 11.1 Å². The van der Waals surface area contributed by atoms with Crippen LogP contribution in [0.1, 0.15) is 16.1 Å². The number of tetrazole rings is 1. The van der Waals surface area contributed by atoms with Crippen molar-refractivity contribution in [2.45, 2.75) is 19.9 Å². The molecule has 0 fully saturated rings. The van der Waals surface area contributed by atoms with Gasteiger partial charge < -0.3 is 4.90 Å². The summed E-state index contributed by atoms with van der Waals surface area (Å²) in [5, 5.41) is 12.3. The molecule has 4 aromatic rings. The van der Waals surface area contributed by atoms with Crippen LogP contribution in [-0.4, -0.2) is 38.8 Å². The molecule has 142 valence electrons. The Morgan fingerprint density at radius 2 is 1.75 bits per heavy atom. The zero-order valence-electron chi connectivity index (χ0n) is 16.0. The van der Waals surface area contributed by atoms with Gasteiger partial charge in [-0.3, -0.25) is 0 Å². The highest BCUT2D eigenvalue weighted by Gasteiger charge is 2.13. The minimum absolute atomic E-state index is 0.640. The van der Waals surface area contributed by atoms with E-state index in [1.54, 1.807) is 11.3 Å². The van der Waals surface area contributed by atoms with Crippen molar-refractivity contribution < 1.29 is 0 Å². The quantitative estimate of drug-likeness (QED) is 0.480. The maximum absolute atomic E-state index is 4.31. The van der Waals surface area contributed by atoms with Crippen LogP contribution in [0.15, 0.2) is 60.1 Å². The van der Waals surface area contributed by atoms with Crippen molar-refractivity contribution in [3.8, 4) is 11.1 Å². The normalized spacial score (nSPS) is 10.9. The largest absolute Gasteiger partial charge is 0.342 e. The minimum Gasteiger partial charge on any atom is -0.342 e. The van der Waals surface area contributed by atoms with Gasteiger partial charge in [-0.15, -0.1) is 11.3 Å². The minimum atomic E-state index is 0.640. The first kappa shape index (κ1) is 18.3. The second kappa shape index (κ2) is 8.31. The maximum atomic E-state index is 4.31. The molecule has 0 amide bonds. The van der Waals surface area contributed by atoms with Crippen molar-refractivity contribution in [3.05, 3.63) is 76.2 Å². The van der Waals surface area contributed by atoms with Crippen LogP contribution in [0.3, 0.4) is 0 Å². The summed E-state index contributed by atoms with van der Waals surface area (Å²) < 4.78 is 1.84. The Balaban J connectivity index is 1.43. The van der Waals surface area contributed by atoms with E-state index >= 15 is 0 Å². The second-order valence-corrected chi connectivity index (χ2v) is 7.67. The van der Waals surface area contributed by atoms with Crippen LogP contribution in [0, 0.1) is 6.92 Å². The highest BCUT2D eigenvalue weighted by Crippen LogP contribution is 2.20. The van der Waals surface area contributed by atoms with Crippen LogP contribution in [0.2, 0.25) is 0 Å². The van der Waals surface area contributed by atoms with Crippen LogP contribution < -0.4 is 4.90 Å². The number of anilines is 1. The molecule has 0 atom stereocenters. The molecule has 0 saturated carbocycles. The predicted molar refractivity (Wildman–Crippen MR) is 113 cm³/mol. The van der Waals surface area contributed by atoms with E-state index in [4.69, 9.17) is 0 Å². The lowest BCUT2D eigenvalue weighted by Crippen LogP contribution is -2.24. The van der Waals surface area contributed by atoms with Crippen LogP contribution in [-0.2, 0) is 13.0 Å². The van der Waals surface area contributed by atoms with Crippen molar-refractivity contribution in [3.63, 3.8) is 0 Å². The van der Waals surface area contributed by atoms with E-state index in [1.165, 1.54) is 21.6 Å². The zero-order chi connectivity index (χ0) is 19.3. The monoisotopic (exact) mass is 390 g/mol. The Kier molecular flexibility index (Phi) is 5.43. The second-order valence-electron chi connectivity index (χ2n) is 6.73. The molecule has 0 radical (unpaired) electrons. The number of nitrogens with zero attached hydrogens (tertiary/aromatic N) is 6. The fourth-order valence-electron chi connectivity index (χ4n) is 3.12. The molecule has 28 heavy (non-hydrogen) atoms. The first-order valence-corrected chi connectivity index (χ1v) is 10.1. The predicted octanol–water partition coefficient (Wildman–Crippen LogP) is 3.83. The summed E-state index contributed by atoms with van der Waals surface area (Å²) in [6.45, 7) is 3.53. The third-order valence-corrected chi connectivity index (χ3v) is 5.76. The Morgan fingerprint density at radius 1 is 1.00 bits per heavy atom. The molecule has 0 N–H and O–H groups in total. The van der Waals surface area contributed by atoms with Crippen LogP contribution >= 0.6 is 11.3 Å². The molecule has 2 aromatic carbocycles. The van der Waals surface area contributed by atoms with E-state index in [0.29, 0.717) is 6.54 Å². The number of benzene rings is 2. The number of thiazole rings is 1. The van der Waals surface area contributed by atoms with Crippen molar-refractivity contribution >= 4 is 17.3 Å². The molecule has 0 saturated heterocycles. The molecule has 0 aliphatic heterocycles. The lowest BCUT2D eigenvalue weighted by atomic mass is 10.0. The lowest BCUT2D eigenvalue weighted by molar-refractivity contribution is 0.638. The summed E-state index contributed by atoms with van der Waals surface area (Å²) in [4.78, 5) is 7.72. The van der Waals surface area contributed by atoms with Gasteiger partial charge in [0.2, 0.25) is 5.95 Å². The van der Waals surface area contributed by atoms with E-state index < -0.39 is 0 Å². The van der Waals surface area contributed by atoms with Gasteiger partial charge in [0.25, 0.3) is 0 Å². The Hall–Kier alpha value is -3.06. The average molecular weight is 391 g/mol. The van der Waals surface area contributed by atoms with E-state index in [1.807, 2.05) is 23.3 Å². The molecule has 0 aliphatic rings. The first-order chi connectivity index (χ1) is 13.7. The van der Waals surface area contributed by atoms with Gasteiger partial charge in [-0.1, -0.05) is 59.7 Å². The molecule has 0 aliphatic carbocycles. The Morgan fingerprint density at radius 3 is 2.46 bits per heavy atom. The fraction of sp³-hybridized carbons (Fsp3) is 0.238. The number of rotatable bonds is 7. The Labute approximate surface area is 168 Å². The summed E-state index contributed by atoms with van der Waals surface area (Å²) in [6, 6.07) is 18.9. The molecular weight excluding hydrogens is 368 g/mol. The van der Waals surface area contributed by atoms with Crippen molar-refractivity contribution in [2.75, 3.05) is 18.5 Å². The van der Waals surface area contributed by atoms with E-state index in [9.17, 15) is 0 Å². The SMILES string of the molecule is Cc1ncsc1CCN(C)c1nnnn1Cc1ccc(-c2ccccc2)cc1. The smallest absolute Gasteiger partial charge is 0.245 e. The molecule has 6 nitrogen and oxygen atoms in total. The topological polar surface area (TPSA) is 59.7 Å². The number of likely N-dealkylation sites (N-methyl/N-ethyl adjacent to an activating group) is 1. The van der Waals surface area contributed by atoms with Gasteiger partial charge in [-0.2, -0.15) is 0 Å². The van der Waals surface area contributed by atoms with Gasteiger partial charge in [0.1, 0.15) is 0 Å². The van der Waals surface area contributed by atoms with Gasteiger partial charge in [0.15, 0.2) is 0 Å². The molecular formula is C21H22N6S. The molecule has 4 rings (SSSR count). The van der Waals surface area contributed by atoms with E-state index in [0.717, 1.165) is 24.6 Å². The van der Waals surface area contributed by atoms with Crippen molar-refractivity contribution in [1.82, 2.24) is 25.2 Å². The summed E-state index contributed by atoms with van der Waals surface area (Å²) in [6.07, 6.45) is 0.936. The number of hydrogen-bond donors (Lipinski definition) is 0. The van der Waals surface area contributed by atoms with Crippen LogP contribution in [0.4, 0.5) is 5.95 Å². The van der Waals surface area contributed by atoms with Gasteiger partial charge in [-0.05, 0) is 34.0 Å². The highest BCUT2D eigenvalue weighted by atomic mass is 32.1. The van der Waals surface area contributed by atoms with Crippen molar-refractivity contribution in [1.29, 1.82) is 0 Å². The van der Waals surface area contributed by atoms with Crippen LogP contribution in [0.5, 0.6) is 0 Å². The standard InChI is InChI=1S/C21H22N6S/c1-16-20(28-15-22-16)12-13-26(2)21-23-24-25-27(21)14-17-8-10-19(11-9-17)18-6-4-3-5-7-18/h3-11,15H,12-14H2,1-2H3. The molecule has 0 bridgehead atoms. The lowest BCUT2D eigenvalue weighted by Gasteiger charge is -2.17. The summed E-state index contributed by atoms with van der Waals surface area (Å²) in [5.74, 6) is 0.773. The third kappa shape index (κ3) is 4.09.